The molecule has 0 unspecified atom stereocenters. The van der Waals surface area contributed by atoms with Crippen molar-refractivity contribution in [2.24, 2.45) is 0 Å². The molecule has 0 bridgehead atoms. The number of hydrogen-bond donors (Lipinski definition) is 1. The molecule has 4 heteroatoms. The molecule has 0 spiro atoms. The Kier molecular flexibility index (Phi) is 3.92. The molecule has 1 N–H and O–H groups in total. The molecule has 1 heterocycles. The van der Waals surface area contributed by atoms with Crippen molar-refractivity contribution in [1.29, 1.82) is 0 Å². The van der Waals surface area contributed by atoms with Crippen LogP contribution in [0.1, 0.15) is 10.4 Å². The molecular formula is C18H15N3O. The van der Waals surface area contributed by atoms with Crippen LogP contribution in [-0.2, 0) is 0 Å². The number of carbonyl (C=O) groups is 1. The van der Waals surface area contributed by atoms with Gasteiger partial charge in [-0.3, -0.25) is 4.79 Å². The van der Waals surface area contributed by atoms with Crippen LogP contribution in [0, 0.1) is 0 Å². The van der Waals surface area contributed by atoms with Crippen LogP contribution in [0.25, 0.3) is 22.2 Å². The lowest BCUT2D eigenvalue weighted by molar-refractivity contribution is 0.0958. The first-order valence-electron chi connectivity index (χ1n) is 6.99. The van der Waals surface area contributed by atoms with E-state index < -0.39 is 0 Å². The number of fused-ring (bicyclic) bond motifs is 1. The predicted molar refractivity (Wildman–Crippen MR) is 87.5 cm³/mol. The summed E-state index contributed by atoms with van der Waals surface area (Å²) in [5, 5.41) is 3.73. The van der Waals surface area contributed by atoms with Crippen molar-refractivity contribution in [3.05, 3.63) is 73.1 Å². The topological polar surface area (TPSA) is 54.9 Å². The third-order valence-electron chi connectivity index (χ3n) is 3.38. The molecule has 3 rings (SSSR count). The van der Waals surface area contributed by atoms with Crippen molar-refractivity contribution in [1.82, 2.24) is 15.3 Å². The Labute approximate surface area is 128 Å². The zero-order valence-electron chi connectivity index (χ0n) is 12.0. The van der Waals surface area contributed by atoms with E-state index in [0.717, 1.165) is 22.2 Å². The Morgan fingerprint density at radius 3 is 2.73 bits per heavy atom. The highest BCUT2D eigenvalue weighted by atomic mass is 16.1. The lowest BCUT2D eigenvalue weighted by Gasteiger charge is -2.10. The standard InChI is InChI=1S/C18H15N3O/c1-2-11-19-18(22)14-8-4-3-7-13(14)17-15-9-5-6-10-16(15)20-12-21-17/h2-10,12H,1,11H2,(H,19,22). The van der Waals surface area contributed by atoms with Gasteiger partial charge in [0.25, 0.3) is 5.91 Å². The second-order valence-corrected chi connectivity index (χ2v) is 4.78. The summed E-state index contributed by atoms with van der Waals surface area (Å²) >= 11 is 0. The van der Waals surface area contributed by atoms with E-state index in [4.69, 9.17) is 0 Å². The Morgan fingerprint density at radius 2 is 1.86 bits per heavy atom. The number of nitrogens with zero attached hydrogens (tertiary/aromatic N) is 2. The van der Waals surface area contributed by atoms with Crippen molar-refractivity contribution in [3.63, 3.8) is 0 Å². The van der Waals surface area contributed by atoms with E-state index in [1.165, 1.54) is 6.33 Å². The number of para-hydroxylation sites is 1. The van der Waals surface area contributed by atoms with Crippen LogP contribution in [-0.4, -0.2) is 22.4 Å². The average Bonchev–Trinajstić information content (AvgIpc) is 2.59. The number of rotatable bonds is 4. The number of aromatic nitrogens is 2. The molecule has 1 amide bonds. The van der Waals surface area contributed by atoms with Crippen LogP contribution in [0.5, 0.6) is 0 Å². The molecule has 4 nitrogen and oxygen atoms in total. The van der Waals surface area contributed by atoms with Gasteiger partial charge in [0.15, 0.2) is 0 Å². The summed E-state index contributed by atoms with van der Waals surface area (Å²) in [6.45, 7) is 4.04. The van der Waals surface area contributed by atoms with Gasteiger partial charge in [0, 0.05) is 23.1 Å². The van der Waals surface area contributed by atoms with Gasteiger partial charge in [-0.1, -0.05) is 42.5 Å². The molecule has 1 aromatic heterocycles. The van der Waals surface area contributed by atoms with E-state index in [1.54, 1.807) is 12.1 Å². The number of nitrogens with one attached hydrogen (secondary N) is 1. The van der Waals surface area contributed by atoms with E-state index in [-0.39, 0.29) is 5.91 Å². The summed E-state index contributed by atoms with van der Waals surface area (Å²) < 4.78 is 0. The third-order valence-corrected chi connectivity index (χ3v) is 3.38. The van der Waals surface area contributed by atoms with Gasteiger partial charge in [-0.2, -0.15) is 0 Å². The molecular weight excluding hydrogens is 274 g/mol. The summed E-state index contributed by atoms with van der Waals surface area (Å²) in [6, 6.07) is 15.2. The minimum absolute atomic E-state index is 0.141. The van der Waals surface area contributed by atoms with E-state index in [9.17, 15) is 4.79 Å². The van der Waals surface area contributed by atoms with Gasteiger partial charge in [0.05, 0.1) is 11.2 Å². The summed E-state index contributed by atoms with van der Waals surface area (Å²) in [5.41, 5.74) is 3.00. The molecule has 108 valence electrons. The van der Waals surface area contributed by atoms with Crippen LogP contribution in [0.15, 0.2) is 67.5 Å². The number of carbonyl (C=O) groups excluding carboxylic acids is 1. The van der Waals surface area contributed by atoms with E-state index >= 15 is 0 Å². The fraction of sp³-hybridized carbons (Fsp3) is 0.0556. The monoisotopic (exact) mass is 289 g/mol. The lowest BCUT2D eigenvalue weighted by Crippen LogP contribution is -2.23. The van der Waals surface area contributed by atoms with Gasteiger partial charge >= 0.3 is 0 Å². The summed E-state index contributed by atoms with van der Waals surface area (Å²) in [4.78, 5) is 21.0. The highest BCUT2D eigenvalue weighted by Crippen LogP contribution is 2.27. The molecule has 2 aromatic carbocycles. The molecule has 0 saturated heterocycles. The zero-order chi connectivity index (χ0) is 15.4. The van der Waals surface area contributed by atoms with Crippen LogP contribution < -0.4 is 5.32 Å². The molecule has 0 aliphatic heterocycles. The molecule has 0 aliphatic rings. The highest BCUT2D eigenvalue weighted by Gasteiger charge is 2.14. The summed E-state index contributed by atoms with van der Waals surface area (Å²) in [7, 11) is 0. The van der Waals surface area contributed by atoms with E-state index in [2.05, 4.69) is 21.9 Å². The maximum absolute atomic E-state index is 12.3. The van der Waals surface area contributed by atoms with Crippen molar-refractivity contribution < 1.29 is 4.79 Å². The van der Waals surface area contributed by atoms with Crippen LogP contribution in [0.4, 0.5) is 0 Å². The number of amides is 1. The van der Waals surface area contributed by atoms with Crippen LogP contribution in [0.3, 0.4) is 0 Å². The maximum atomic E-state index is 12.3. The SMILES string of the molecule is C=CCNC(=O)c1ccccc1-c1ncnc2ccccc12. The molecule has 0 radical (unpaired) electrons. The fourth-order valence-electron chi connectivity index (χ4n) is 2.37. The van der Waals surface area contributed by atoms with E-state index in [0.29, 0.717) is 12.1 Å². The fourth-order valence-corrected chi connectivity index (χ4v) is 2.37. The second-order valence-electron chi connectivity index (χ2n) is 4.78. The minimum Gasteiger partial charge on any atom is -0.349 e. The minimum atomic E-state index is -0.141. The summed E-state index contributed by atoms with van der Waals surface area (Å²) in [6.07, 6.45) is 3.18. The summed E-state index contributed by atoms with van der Waals surface area (Å²) in [5.74, 6) is -0.141. The molecule has 0 aliphatic carbocycles. The normalized spacial score (nSPS) is 10.4. The van der Waals surface area contributed by atoms with Crippen LogP contribution >= 0.6 is 0 Å². The van der Waals surface area contributed by atoms with Gasteiger partial charge in [-0.25, -0.2) is 9.97 Å². The van der Waals surface area contributed by atoms with Crippen molar-refractivity contribution in [3.8, 4) is 11.3 Å². The molecule has 0 saturated carbocycles. The first-order valence-corrected chi connectivity index (χ1v) is 6.99. The van der Waals surface area contributed by atoms with Gasteiger partial charge in [0.1, 0.15) is 6.33 Å². The first-order chi connectivity index (χ1) is 10.8. The Morgan fingerprint density at radius 1 is 1.09 bits per heavy atom. The smallest absolute Gasteiger partial charge is 0.252 e. The van der Waals surface area contributed by atoms with Crippen molar-refractivity contribution >= 4 is 16.8 Å². The molecule has 0 atom stereocenters. The predicted octanol–water partition coefficient (Wildman–Crippen LogP) is 3.21. The third kappa shape index (κ3) is 2.59. The largest absolute Gasteiger partial charge is 0.349 e. The number of hydrogen-bond acceptors (Lipinski definition) is 3. The maximum Gasteiger partial charge on any atom is 0.252 e. The lowest BCUT2D eigenvalue weighted by atomic mass is 10.0. The highest BCUT2D eigenvalue weighted by molar-refractivity contribution is 6.04. The second kappa shape index (κ2) is 6.18. The van der Waals surface area contributed by atoms with Crippen molar-refractivity contribution in [2.45, 2.75) is 0 Å². The Balaban J connectivity index is 2.15. The quantitative estimate of drug-likeness (QED) is 0.750. The van der Waals surface area contributed by atoms with E-state index in [1.807, 2.05) is 42.5 Å². The van der Waals surface area contributed by atoms with Crippen molar-refractivity contribution in [2.75, 3.05) is 6.54 Å². The zero-order valence-corrected chi connectivity index (χ0v) is 12.0. The Hall–Kier alpha value is -3.01. The molecule has 3 aromatic rings. The van der Waals surface area contributed by atoms with Gasteiger partial charge in [-0.15, -0.1) is 6.58 Å². The Bertz CT molecular complexity index is 837. The van der Waals surface area contributed by atoms with Gasteiger partial charge in [0.2, 0.25) is 0 Å². The first kappa shape index (κ1) is 13.9. The van der Waals surface area contributed by atoms with Gasteiger partial charge in [-0.05, 0) is 12.1 Å². The molecule has 0 fully saturated rings. The number of benzene rings is 2. The van der Waals surface area contributed by atoms with Crippen LogP contribution in [0.2, 0.25) is 0 Å². The molecule has 22 heavy (non-hydrogen) atoms. The van der Waals surface area contributed by atoms with Gasteiger partial charge < -0.3 is 5.32 Å². The average molecular weight is 289 g/mol.